The Kier molecular flexibility index (Phi) is 7.06. The number of amides is 2. The van der Waals surface area contributed by atoms with Crippen LogP contribution >= 0.6 is 0 Å². The van der Waals surface area contributed by atoms with E-state index in [2.05, 4.69) is 4.90 Å². The molecule has 0 radical (unpaired) electrons. The number of rotatable bonds is 5. The second kappa shape index (κ2) is 9.37. The molecule has 2 fully saturated rings. The maximum Gasteiger partial charge on any atom is 0.416 e. The zero-order valence-corrected chi connectivity index (χ0v) is 17.6. The van der Waals surface area contributed by atoms with Crippen molar-refractivity contribution in [2.45, 2.75) is 44.8 Å². The molecular formula is C22H30F3N3O2. The Morgan fingerprint density at radius 1 is 1.07 bits per heavy atom. The van der Waals surface area contributed by atoms with Crippen LogP contribution in [0.2, 0.25) is 0 Å². The van der Waals surface area contributed by atoms with Gasteiger partial charge in [-0.3, -0.25) is 14.5 Å². The average molecular weight is 425 g/mol. The van der Waals surface area contributed by atoms with E-state index >= 15 is 0 Å². The van der Waals surface area contributed by atoms with Crippen molar-refractivity contribution in [3.05, 3.63) is 35.4 Å². The van der Waals surface area contributed by atoms with Gasteiger partial charge in [0.05, 0.1) is 11.6 Å². The topological polar surface area (TPSA) is 43.9 Å². The third kappa shape index (κ3) is 4.96. The second-order valence-corrected chi connectivity index (χ2v) is 8.25. The lowest BCUT2D eigenvalue weighted by Crippen LogP contribution is -2.58. The fourth-order valence-corrected chi connectivity index (χ4v) is 4.50. The smallest absolute Gasteiger partial charge is 0.345 e. The van der Waals surface area contributed by atoms with Crippen molar-refractivity contribution in [3.8, 4) is 0 Å². The number of nitrogens with zero attached hydrogens (tertiary/aromatic N) is 3. The molecule has 5 nitrogen and oxygen atoms in total. The molecule has 3 rings (SSSR count). The quantitative estimate of drug-likeness (QED) is 0.725. The van der Waals surface area contributed by atoms with E-state index < -0.39 is 11.7 Å². The summed E-state index contributed by atoms with van der Waals surface area (Å²) in [5, 5.41) is 0. The Balaban J connectivity index is 1.64. The van der Waals surface area contributed by atoms with Crippen molar-refractivity contribution in [2.24, 2.45) is 5.92 Å². The van der Waals surface area contributed by atoms with Gasteiger partial charge in [0, 0.05) is 45.3 Å². The summed E-state index contributed by atoms with van der Waals surface area (Å²) in [6.45, 7) is 4.74. The maximum atomic E-state index is 13.0. The van der Waals surface area contributed by atoms with Crippen molar-refractivity contribution in [1.82, 2.24) is 14.7 Å². The highest BCUT2D eigenvalue weighted by atomic mass is 19.4. The van der Waals surface area contributed by atoms with Crippen molar-refractivity contribution in [3.63, 3.8) is 0 Å². The van der Waals surface area contributed by atoms with Crippen molar-refractivity contribution in [1.29, 1.82) is 0 Å². The van der Waals surface area contributed by atoms with Gasteiger partial charge in [-0.1, -0.05) is 12.8 Å². The molecule has 1 unspecified atom stereocenters. The molecule has 0 aromatic heterocycles. The molecule has 0 spiro atoms. The van der Waals surface area contributed by atoms with E-state index in [0.29, 0.717) is 38.6 Å². The third-order valence-electron chi connectivity index (χ3n) is 6.40. The molecule has 1 heterocycles. The van der Waals surface area contributed by atoms with Crippen LogP contribution in [0, 0.1) is 5.92 Å². The van der Waals surface area contributed by atoms with Gasteiger partial charge in [-0.05, 0) is 49.9 Å². The molecule has 2 amide bonds. The molecule has 8 heteroatoms. The molecule has 1 saturated carbocycles. The van der Waals surface area contributed by atoms with Gasteiger partial charge in [0.15, 0.2) is 0 Å². The predicted octanol–water partition coefficient (Wildman–Crippen LogP) is 3.50. The summed E-state index contributed by atoms with van der Waals surface area (Å²) in [6, 6.07) is 4.20. The lowest BCUT2D eigenvalue weighted by molar-refractivity contribution is -0.138. The van der Waals surface area contributed by atoms with Crippen LogP contribution in [0.25, 0.3) is 0 Å². The van der Waals surface area contributed by atoms with Gasteiger partial charge in [-0.2, -0.15) is 13.2 Å². The summed E-state index contributed by atoms with van der Waals surface area (Å²) in [7, 11) is 1.83. The number of piperazine rings is 1. The summed E-state index contributed by atoms with van der Waals surface area (Å²) in [5.74, 6) is 0.230. The molecule has 1 atom stereocenters. The summed E-state index contributed by atoms with van der Waals surface area (Å²) in [4.78, 5) is 31.4. The van der Waals surface area contributed by atoms with Crippen LogP contribution in [0.5, 0.6) is 0 Å². The first kappa shape index (κ1) is 22.6. The normalized spacial score (nSPS) is 19.7. The Labute approximate surface area is 175 Å². The Hall–Kier alpha value is -2.09. The van der Waals surface area contributed by atoms with Gasteiger partial charge in [0.2, 0.25) is 5.91 Å². The first-order chi connectivity index (χ1) is 14.2. The highest BCUT2D eigenvalue weighted by Crippen LogP contribution is 2.32. The summed E-state index contributed by atoms with van der Waals surface area (Å²) >= 11 is 0. The Morgan fingerprint density at radius 2 is 1.63 bits per heavy atom. The van der Waals surface area contributed by atoms with Crippen LogP contribution < -0.4 is 0 Å². The lowest BCUT2D eigenvalue weighted by atomic mass is 9.94. The van der Waals surface area contributed by atoms with Crippen LogP contribution in [-0.4, -0.2) is 72.3 Å². The van der Waals surface area contributed by atoms with Gasteiger partial charge in [0.25, 0.3) is 5.91 Å². The van der Waals surface area contributed by atoms with E-state index in [1.54, 1.807) is 9.80 Å². The zero-order valence-electron chi connectivity index (χ0n) is 17.6. The molecule has 1 aliphatic heterocycles. The van der Waals surface area contributed by atoms with Crippen LogP contribution in [0.1, 0.15) is 48.5 Å². The summed E-state index contributed by atoms with van der Waals surface area (Å²) in [6.07, 6.45) is -0.00865. The van der Waals surface area contributed by atoms with Gasteiger partial charge < -0.3 is 9.80 Å². The van der Waals surface area contributed by atoms with Gasteiger partial charge in [-0.25, -0.2) is 0 Å². The Bertz CT molecular complexity index is 737. The molecule has 2 aliphatic rings. The van der Waals surface area contributed by atoms with E-state index in [-0.39, 0.29) is 23.4 Å². The first-order valence-corrected chi connectivity index (χ1v) is 10.7. The van der Waals surface area contributed by atoms with E-state index in [9.17, 15) is 22.8 Å². The molecule has 1 aromatic carbocycles. The number of carbonyl (C=O) groups is 2. The van der Waals surface area contributed by atoms with E-state index in [0.717, 1.165) is 37.8 Å². The van der Waals surface area contributed by atoms with Gasteiger partial charge in [0.1, 0.15) is 0 Å². The molecule has 1 aliphatic carbocycles. The molecule has 0 bridgehead atoms. The van der Waals surface area contributed by atoms with Crippen LogP contribution in [0.15, 0.2) is 24.3 Å². The molecular weight excluding hydrogens is 395 g/mol. The van der Waals surface area contributed by atoms with Gasteiger partial charge in [-0.15, -0.1) is 0 Å². The fourth-order valence-electron chi connectivity index (χ4n) is 4.50. The minimum Gasteiger partial charge on any atom is -0.345 e. The number of carbonyl (C=O) groups excluding carboxylic acids is 2. The highest BCUT2D eigenvalue weighted by molar-refractivity contribution is 5.94. The number of benzene rings is 1. The average Bonchev–Trinajstić information content (AvgIpc) is 3.27. The highest BCUT2D eigenvalue weighted by Gasteiger charge is 2.38. The van der Waals surface area contributed by atoms with Crippen LogP contribution in [0.3, 0.4) is 0 Å². The third-order valence-corrected chi connectivity index (χ3v) is 6.40. The second-order valence-electron chi connectivity index (χ2n) is 8.25. The minimum atomic E-state index is -4.42. The molecule has 1 aromatic rings. The number of alkyl halides is 3. The number of hydrogen-bond acceptors (Lipinski definition) is 3. The largest absolute Gasteiger partial charge is 0.416 e. The van der Waals surface area contributed by atoms with Crippen molar-refractivity contribution in [2.75, 3.05) is 39.8 Å². The van der Waals surface area contributed by atoms with Gasteiger partial charge >= 0.3 is 6.18 Å². The predicted molar refractivity (Wildman–Crippen MR) is 108 cm³/mol. The monoisotopic (exact) mass is 425 g/mol. The standard InChI is InChI=1S/C22H30F3N3O2/c1-3-26(2)21(30)19(16-6-4-5-7-16)27-12-14-28(15-13-27)20(29)17-8-10-18(11-9-17)22(23,24)25/h8-11,16,19H,3-7,12-15H2,1-2H3. The lowest BCUT2D eigenvalue weighted by Gasteiger charge is -2.42. The number of likely N-dealkylation sites (N-methyl/N-ethyl adjacent to an activating group) is 1. The van der Waals surface area contributed by atoms with Crippen molar-refractivity contribution >= 4 is 11.8 Å². The molecule has 0 N–H and O–H groups in total. The molecule has 166 valence electrons. The summed E-state index contributed by atoms with van der Waals surface area (Å²) in [5.41, 5.74) is -0.507. The zero-order chi connectivity index (χ0) is 21.9. The summed E-state index contributed by atoms with van der Waals surface area (Å²) < 4.78 is 38.2. The first-order valence-electron chi connectivity index (χ1n) is 10.7. The maximum absolute atomic E-state index is 13.0. The number of halogens is 3. The number of hydrogen-bond donors (Lipinski definition) is 0. The SMILES string of the molecule is CCN(C)C(=O)C(C1CCCC1)N1CCN(C(=O)c2ccc(C(F)(F)F)cc2)CC1. The van der Waals surface area contributed by atoms with Crippen LogP contribution in [-0.2, 0) is 11.0 Å². The van der Waals surface area contributed by atoms with Crippen molar-refractivity contribution < 1.29 is 22.8 Å². The molecule has 30 heavy (non-hydrogen) atoms. The van der Waals surface area contributed by atoms with E-state index in [4.69, 9.17) is 0 Å². The van der Waals surface area contributed by atoms with E-state index in [1.165, 1.54) is 12.1 Å². The Morgan fingerprint density at radius 3 is 2.13 bits per heavy atom. The van der Waals surface area contributed by atoms with E-state index in [1.807, 2.05) is 14.0 Å². The van der Waals surface area contributed by atoms with Crippen LogP contribution in [0.4, 0.5) is 13.2 Å². The fraction of sp³-hybridized carbons (Fsp3) is 0.636. The molecule has 1 saturated heterocycles. The minimum absolute atomic E-state index is 0.145.